The van der Waals surface area contributed by atoms with Gasteiger partial charge in [0.25, 0.3) is 5.91 Å². The number of nitrogens with zero attached hydrogens (tertiary/aromatic N) is 4. The summed E-state index contributed by atoms with van der Waals surface area (Å²) in [7, 11) is 3.23. The van der Waals surface area contributed by atoms with Gasteiger partial charge >= 0.3 is 0 Å². The standard InChI is InChI=1S/C27H33N5O4/c1-34-21-17-19-23(22(24(21)35-2)18-9-4-3-5-10-18)25(28)30-27(29-19)32-13-8-12-31(14-15-32)26(33)20-11-6-7-16-36-20/h3-5,9-10,17,20H,6-8,11-16H2,1-2H3,(H2,28,29,30). The number of methoxy groups -OCH3 is 2. The summed E-state index contributed by atoms with van der Waals surface area (Å²) in [6.07, 6.45) is 3.39. The van der Waals surface area contributed by atoms with Gasteiger partial charge in [-0.05, 0) is 31.2 Å². The molecule has 2 saturated heterocycles. The monoisotopic (exact) mass is 491 g/mol. The average molecular weight is 492 g/mol. The first kappa shape index (κ1) is 24.1. The van der Waals surface area contributed by atoms with Crippen molar-refractivity contribution in [3.63, 3.8) is 0 Å². The van der Waals surface area contributed by atoms with E-state index >= 15 is 0 Å². The maximum absolute atomic E-state index is 13.0. The number of carbonyl (C=O) groups excluding carboxylic acids is 1. The van der Waals surface area contributed by atoms with E-state index in [9.17, 15) is 4.79 Å². The molecule has 1 amide bonds. The number of fused-ring (bicyclic) bond motifs is 1. The number of ether oxygens (including phenoxy) is 3. The minimum atomic E-state index is -0.309. The Kier molecular flexibility index (Phi) is 7.09. The highest BCUT2D eigenvalue weighted by Crippen LogP contribution is 2.45. The zero-order valence-corrected chi connectivity index (χ0v) is 20.9. The highest BCUT2D eigenvalue weighted by molar-refractivity contribution is 6.05. The van der Waals surface area contributed by atoms with Gasteiger partial charge in [-0.1, -0.05) is 30.3 Å². The molecule has 3 heterocycles. The molecule has 0 saturated carbocycles. The van der Waals surface area contributed by atoms with E-state index in [0.29, 0.717) is 55.0 Å². The topological polar surface area (TPSA) is 103 Å². The first-order valence-corrected chi connectivity index (χ1v) is 12.5. The Labute approximate surface area is 211 Å². The van der Waals surface area contributed by atoms with Crippen molar-refractivity contribution in [2.24, 2.45) is 0 Å². The molecule has 0 bridgehead atoms. The number of hydrogen-bond donors (Lipinski definition) is 1. The smallest absolute Gasteiger partial charge is 0.251 e. The Balaban J connectivity index is 1.47. The number of nitrogens with two attached hydrogens (primary N) is 1. The van der Waals surface area contributed by atoms with Crippen LogP contribution in [0.2, 0.25) is 0 Å². The van der Waals surface area contributed by atoms with Crippen LogP contribution in [0.4, 0.5) is 11.8 Å². The molecule has 190 valence electrons. The van der Waals surface area contributed by atoms with E-state index in [1.807, 2.05) is 41.3 Å². The van der Waals surface area contributed by atoms with Crippen molar-refractivity contribution < 1.29 is 19.0 Å². The van der Waals surface area contributed by atoms with Crippen LogP contribution in [0.25, 0.3) is 22.0 Å². The molecule has 0 aliphatic carbocycles. The number of amides is 1. The lowest BCUT2D eigenvalue weighted by atomic mass is 9.99. The summed E-state index contributed by atoms with van der Waals surface area (Å²) in [4.78, 5) is 26.6. The third kappa shape index (κ3) is 4.63. The van der Waals surface area contributed by atoms with Gasteiger partial charge in [-0.2, -0.15) is 4.98 Å². The molecule has 2 aromatic carbocycles. The molecule has 9 heteroatoms. The second kappa shape index (κ2) is 10.6. The Morgan fingerprint density at radius 1 is 1.03 bits per heavy atom. The summed E-state index contributed by atoms with van der Waals surface area (Å²) in [5, 5.41) is 0.726. The Bertz CT molecular complexity index is 1230. The number of nitrogen functional groups attached to an aromatic ring is 1. The summed E-state index contributed by atoms with van der Waals surface area (Å²) in [6, 6.07) is 11.7. The highest BCUT2D eigenvalue weighted by atomic mass is 16.5. The zero-order chi connectivity index (χ0) is 25.1. The van der Waals surface area contributed by atoms with Gasteiger partial charge in [-0.3, -0.25) is 4.79 Å². The fourth-order valence-corrected chi connectivity index (χ4v) is 5.12. The van der Waals surface area contributed by atoms with Gasteiger partial charge < -0.3 is 29.7 Å². The number of anilines is 2. The second-order valence-corrected chi connectivity index (χ2v) is 9.18. The summed E-state index contributed by atoms with van der Waals surface area (Å²) in [5.41, 5.74) is 9.00. The molecule has 1 unspecified atom stereocenters. The van der Waals surface area contributed by atoms with E-state index < -0.39 is 0 Å². The first-order chi connectivity index (χ1) is 17.6. The fourth-order valence-electron chi connectivity index (χ4n) is 5.12. The van der Waals surface area contributed by atoms with Crippen molar-refractivity contribution in [2.75, 3.05) is 57.6 Å². The van der Waals surface area contributed by atoms with Crippen LogP contribution in [0.5, 0.6) is 11.5 Å². The minimum Gasteiger partial charge on any atom is -0.493 e. The Morgan fingerprint density at radius 2 is 1.86 bits per heavy atom. The van der Waals surface area contributed by atoms with Gasteiger partial charge in [0.15, 0.2) is 11.5 Å². The van der Waals surface area contributed by atoms with Gasteiger partial charge in [0.2, 0.25) is 5.95 Å². The molecule has 9 nitrogen and oxygen atoms in total. The van der Waals surface area contributed by atoms with Crippen molar-refractivity contribution >= 4 is 28.6 Å². The lowest BCUT2D eigenvalue weighted by molar-refractivity contribution is -0.146. The molecular formula is C27H33N5O4. The van der Waals surface area contributed by atoms with E-state index in [-0.39, 0.29) is 12.0 Å². The highest BCUT2D eigenvalue weighted by Gasteiger charge is 2.29. The maximum atomic E-state index is 13.0. The number of rotatable bonds is 5. The van der Waals surface area contributed by atoms with E-state index in [1.54, 1.807) is 14.2 Å². The van der Waals surface area contributed by atoms with E-state index in [4.69, 9.17) is 29.9 Å². The van der Waals surface area contributed by atoms with Crippen LogP contribution in [-0.2, 0) is 9.53 Å². The predicted molar refractivity (Wildman–Crippen MR) is 139 cm³/mol. The molecule has 1 atom stereocenters. The lowest BCUT2D eigenvalue weighted by Gasteiger charge is -2.28. The molecule has 2 aliphatic rings. The van der Waals surface area contributed by atoms with Gasteiger partial charge in [0, 0.05) is 44.4 Å². The molecule has 2 N–H and O–H groups in total. The third-order valence-electron chi connectivity index (χ3n) is 6.95. The molecule has 0 spiro atoms. The Morgan fingerprint density at radius 3 is 2.58 bits per heavy atom. The molecular weight excluding hydrogens is 458 g/mol. The maximum Gasteiger partial charge on any atom is 0.251 e. The largest absolute Gasteiger partial charge is 0.493 e. The fraction of sp³-hybridized carbons (Fsp3) is 0.444. The number of benzene rings is 2. The number of carbonyl (C=O) groups is 1. The third-order valence-corrected chi connectivity index (χ3v) is 6.95. The average Bonchev–Trinajstić information content (AvgIpc) is 3.19. The Hall–Kier alpha value is -3.59. The molecule has 5 rings (SSSR count). The quantitative estimate of drug-likeness (QED) is 0.579. The molecule has 3 aromatic rings. The van der Waals surface area contributed by atoms with Crippen LogP contribution in [-0.4, -0.2) is 73.9 Å². The van der Waals surface area contributed by atoms with Crippen molar-refractivity contribution in [2.45, 2.75) is 31.8 Å². The zero-order valence-electron chi connectivity index (χ0n) is 20.9. The van der Waals surface area contributed by atoms with Crippen molar-refractivity contribution in [3.8, 4) is 22.6 Å². The normalized spacial score (nSPS) is 18.7. The number of aromatic nitrogens is 2. The minimum absolute atomic E-state index is 0.0971. The van der Waals surface area contributed by atoms with Crippen molar-refractivity contribution in [1.29, 1.82) is 0 Å². The van der Waals surface area contributed by atoms with Gasteiger partial charge in [0.05, 0.1) is 25.1 Å². The van der Waals surface area contributed by atoms with Crippen molar-refractivity contribution in [3.05, 3.63) is 36.4 Å². The summed E-state index contributed by atoms with van der Waals surface area (Å²) in [6.45, 7) is 3.32. The van der Waals surface area contributed by atoms with E-state index in [1.165, 1.54) is 0 Å². The van der Waals surface area contributed by atoms with Crippen LogP contribution in [0.15, 0.2) is 36.4 Å². The summed E-state index contributed by atoms with van der Waals surface area (Å²) >= 11 is 0. The molecule has 0 radical (unpaired) electrons. The molecule has 2 fully saturated rings. The van der Waals surface area contributed by atoms with Gasteiger partial charge in [-0.25, -0.2) is 4.98 Å². The van der Waals surface area contributed by atoms with E-state index in [2.05, 4.69) is 4.90 Å². The molecule has 1 aromatic heterocycles. The van der Waals surface area contributed by atoms with Crippen LogP contribution in [0.3, 0.4) is 0 Å². The van der Waals surface area contributed by atoms with Gasteiger partial charge in [0.1, 0.15) is 11.9 Å². The van der Waals surface area contributed by atoms with Gasteiger partial charge in [-0.15, -0.1) is 0 Å². The van der Waals surface area contributed by atoms with Crippen LogP contribution in [0.1, 0.15) is 25.7 Å². The van der Waals surface area contributed by atoms with Crippen LogP contribution >= 0.6 is 0 Å². The van der Waals surface area contributed by atoms with Crippen LogP contribution in [0, 0.1) is 0 Å². The lowest BCUT2D eigenvalue weighted by Crippen LogP contribution is -2.43. The molecule has 2 aliphatic heterocycles. The first-order valence-electron chi connectivity index (χ1n) is 12.5. The van der Waals surface area contributed by atoms with E-state index in [0.717, 1.165) is 48.7 Å². The number of hydrogen-bond acceptors (Lipinski definition) is 8. The SMILES string of the molecule is COc1cc2nc(N3CCCN(C(=O)C4CCCCO4)CC3)nc(N)c2c(-c2ccccc2)c1OC. The van der Waals surface area contributed by atoms with Crippen LogP contribution < -0.4 is 20.1 Å². The molecule has 36 heavy (non-hydrogen) atoms. The summed E-state index contributed by atoms with van der Waals surface area (Å²) < 4.78 is 17.1. The second-order valence-electron chi connectivity index (χ2n) is 9.18. The predicted octanol–water partition coefficient (Wildman–Crippen LogP) is 3.50. The van der Waals surface area contributed by atoms with Crippen molar-refractivity contribution in [1.82, 2.24) is 14.9 Å². The summed E-state index contributed by atoms with van der Waals surface area (Å²) in [5.74, 6) is 2.19.